The maximum Gasteiger partial charge on any atom is 0.335 e. The van der Waals surface area contributed by atoms with E-state index in [2.05, 4.69) is 0 Å². The SMILES string of the molecule is NS(=O)(=O)c1ccc(C(=C2C(=O)N(Cc3cccc(C(=O)O)c3)c3ccccc32)c2ccccc2)cc1. The van der Waals surface area contributed by atoms with E-state index in [0.29, 0.717) is 28.0 Å². The predicted molar refractivity (Wildman–Crippen MR) is 141 cm³/mol. The van der Waals surface area contributed by atoms with E-state index in [4.69, 9.17) is 5.14 Å². The second-order valence-corrected chi connectivity index (χ2v) is 10.2. The number of aromatic carboxylic acids is 1. The Morgan fingerprint density at radius 3 is 2.08 bits per heavy atom. The van der Waals surface area contributed by atoms with Crippen LogP contribution in [-0.2, 0) is 21.4 Å². The van der Waals surface area contributed by atoms with Gasteiger partial charge in [0.05, 0.1) is 28.3 Å². The Balaban J connectivity index is 1.69. The van der Waals surface area contributed by atoms with Crippen LogP contribution in [0.25, 0.3) is 11.1 Å². The predicted octanol–water partition coefficient (Wildman–Crippen LogP) is 4.54. The summed E-state index contributed by atoms with van der Waals surface area (Å²) >= 11 is 0. The Morgan fingerprint density at radius 2 is 1.41 bits per heavy atom. The Labute approximate surface area is 214 Å². The lowest BCUT2D eigenvalue weighted by Gasteiger charge is -2.18. The van der Waals surface area contributed by atoms with E-state index >= 15 is 0 Å². The van der Waals surface area contributed by atoms with Crippen molar-refractivity contribution in [1.29, 1.82) is 0 Å². The summed E-state index contributed by atoms with van der Waals surface area (Å²) in [6.45, 7) is 0.187. The number of nitrogens with zero attached hydrogens (tertiary/aromatic N) is 1. The number of amides is 1. The van der Waals surface area contributed by atoms with Crippen LogP contribution in [0.1, 0.15) is 32.6 Å². The van der Waals surface area contributed by atoms with Crippen LogP contribution in [0.4, 0.5) is 5.69 Å². The molecule has 0 radical (unpaired) electrons. The molecule has 0 aliphatic carbocycles. The number of hydrogen-bond donors (Lipinski definition) is 2. The van der Waals surface area contributed by atoms with E-state index in [1.54, 1.807) is 35.2 Å². The van der Waals surface area contributed by atoms with Crippen molar-refractivity contribution in [1.82, 2.24) is 0 Å². The average molecular weight is 511 g/mol. The Hall–Kier alpha value is -4.53. The van der Waals surface area contributed by atoms with Gasteiger partial charge in [-0.25, -0.2) is 18.4 Å². The number of nitrogens with two attached hydrogens (primary N) is 1. The van der Waals surface area contributed by atoms with Gasteiger partial charge < -0.3 is 10.0 Å². The number of rotatable bonds is 6. The highest BCUT2D eigenvalue weighted by atomic mass is 32.2. The molecule has 8 heteroatoms. The van der Waals surface area contributed by atoms with Crippen LogP contribution >= 0.6 is 0 Å². The van der Waals surface area contributed by atoms with Crippen molar-refractivity contribution in [2.24, 2.45) is 5.14 Å². The molecule has 7 nitrogen and oxygen atoms in total. The van der Waals surface area contributed by atoms with Gasteiger partial charge in [-0.15, -0.1) is 0 Å². The third-order valence-corrected chi connectivity index (χ3v) is 7.15. The van der Waals surface area contributed by atoms with Crippen LogP contribution in [0.3, 0.4) is 0 Å². The van der Waals surface area contributed by atoms with Gasteiger partial charge in [0, 0.05) is 11.1 Å². The van der Waals surface area contributed by atoms with Gasteiger partial charge in [0.2, 0.25) is 10.0 Å². The summed E-state index contributed by atoms with van der Waals surface area (Å²) in [5.74, 6) is -1.28. The Bertz CT molecular complexity index is 1660. The van der Waals surface area contributed by atoms with Gasteiger partial charge in [0.25, 0.3) is 5.91 Å². The highest BCUT2D eigenvalue weighted by molar-refractivity contribution is 7.89. The molecule has 0 fully saturated rings. The fourth-order valence-electron chi connectivity index (χ4n) is 4.54. The van der Waals surface area contributed by atoms with Crippen LogP contribution < -0.4 is 10.0 Å². The number of anilines is 1. The molecule has 184 valence electrons. The molecule has 1 amide bonds. The molecule has 5 rings (SSSR count). The largest absolute Gasteiger partial charge is 0.478 e. The summed E-state index contributed by atoms with van der Waals surface area (Å²) in [6.07, 6.45) is 0. The number of benzene rings is 4. The quantitative estimate of drug-likeness (QED) is 0.369. The summed E-state index contributed by atoms with van der Waals surface area (Å²) in [5.41, 5.74) is 4.84. The number of carbonyl (C=O) groups is 2. The summed E-state index contributed by atoms with van der Waals surface area (Å²) in [6, 6.07) is 29.5. The minimum Gasteiger partial charge on any atom is -0.478 e. The molecule has 3 N–H and O–H groups in total. The van der Waals surface area contributed by atoms with Gasteiger partial charge in [0.15, 0.2) is 0 Å². The van der Waals surface area contributed by atoms with Crippen molar-refractivity contribution in [3.05, 3.63) is 131 Å². The van der Waals surface area contributed by atoms with Gasteiger partial charge in [-0.05, 0) is 47.0 Å². The van der Waals surface area contributed by atoms with E-state index in [-0.39, 0.29) is 22.9 Å². The minimum atomic E-state index is -3.87. The average Bonchev–Trinajstić information content (AvgIpc) is 3.16. The molecule has 4 aromatic carbocycles. The zero-order valence-corrected chi connectivity index (χ0v) is 20.4. The third kappa shape index (κ3) is 4.67. The molecule has 0 bridgehead atoms. The summed E-state index contributed by atoms with van der Waals surface area (Å²) < 4.78 is 23.6. The lowest BCUT2D eigenvalue weighted by atomic mass is 9.90. The summed E-state index contributed by atoms with van der Waals surface area (Å²) in [5, 5.41) is 14.7. The van der Waals surface area contributed by atoms with Crippen LogP contribution in [0.5, 0.6) is 0 Å². The van der Waals surface area contributed by atoms with Crippen LogP contribution in [0, 0.1) is 0 Å². The molecule has 0 saturated heterocycles. The van der Waals surface area contributed by atoms with E-state index in [1.165, 1.54) is 18.2 Å². The smallest absolute Gasteiger partial charge is 0.335 e. The third-order valence-electron chi connectivity index (χ3n) is 6.22. The van der Waals surface area contributed by atoms with Crippen molar-refractivity contribution >= 4 is 38.7 Å². The maximum absolute atomic E-state index is 14.0. The molecule has 1 aliphatic heterocycles. The molecule has 1 heterocycles. The zero-order chi connectivity index (χ0) is 26.2. The van der Waals surface area contributed by atoms with Gasteiger partial charge in [-0.3, -0.25) is 4.79 Å². The maximum atomic E-state index is 14.0. The van der Waals surface area contributed by atoms with Crippen LogP contribution in [0.15, 0.2) is 108 Å². The summed E-state index contributed by atoms with van der Waals surface area (Å²) in [7, 11) is -3.87. The highest BCUT2D eigenvalue weighted by Gasteiger charge is 2.35. The monoisotopic (exact) mass is 510 g/mol. The number of sulfonamides is 1. The molecule has 4 aromatic rings. The molecular weight excluding hydrogens is 488 g/mol. The minimum absolute atomic E-state index is 0.0215. The zero-order valence-electron chi connectivity index (χ0n) is 19.5. The van der Waals surface area contributed by atoms with E-state index in [1.807, 2.05) is 54.6 Å². The lowest BCUT2D eigenvalue weighted by Crippen LogP contribution is -2.26. The first kappa shape index (κ1) is 24.2. The number of carboxylic acids is 1. The molecule has 0 spiro atoms. The normalized spacial score (nSPS) is 14.4. The number of primary sulfonamides is 1. The number of carboxylic acid groups (broad SMARTS) is 1. The van der Waals surface area contributed by atoms with E-state index in [0.717, 1.165) is 11.1 Å². The van der Waals surface area contributed by atoms with Gasteiger partial charge in [-0.1, -0.05) is 72.8 Å². The molecule has 0 unspecified atom stereocenters. The Morgan fingerprint density at radius 1 is 0.784 bits per heavy atom. The first-order chi connectivity index (χ1) is 17.7. The number of para-hydroxylation sites is 1. The topological polar surface area (TPSA) is 118 Å². The Kier molecular flexibility index (Phi) is 6.20. The van der Waals surface area contributed by atoms with Crippen molar-refractivity contribution in [3.63, 3.8) is 0 Å². The standard InChI is InChI=1S/C29H22N2O5S/c30-37(35,36)23-15-13-21(14-16-23)26(20-8-2-1-3-9-20)27-24-11-4-5-12-25(24)31(28(27)32)18-19-7-6-10-22(17-19)29(33)34/h1-17H,18H2,(H,33,34)(H2,30,35,36). The van der Waals surface area contributed by atoms with Crippen molar-refractivity contribution in [2.45, 2.75) is 11.4 Å². The van der Waals surface area contributed by atoms with Crippen molar-refractivity contribution in [3.8, 4) is 0 Å². The van der Waals surface area contributed by atoms with Crippen molar-refractivity contribution < 1.29 is 23.1 Å². The molecule has 1 aliphatic rings. The molecule has 0 saturated carbocycles. The fourth-order valence-corrected chi connectivity index (χ4v) is 5.05. The summed E-state index contributed by atoms with van der Waals surface area (Å²) in [4.78, 5) is 27.1. The molecule has 37 heavy (non-hydrogen) atoms. The fraction of sp³-hybridized carbons (Fsp3) is 0.0345. The molecule has 0 atom stereocenters. The van der Waals surface area contributed by atoms with E-state index in [9.17, 15) is 23.1 Å². The highest BCUT2D eigenvalue weighted by Crippen LogP contribution is 2.43. The first-order valence-electron chi connectivity index (χ1n) is 11.4. The van der Waals surface area contributed by atoms with E-state index < -0.39 is 16.0 Å². The van der Waals surface area contributed by atoms with Gasteiger partial charge >= 0.3 is 5.97 Å². The van der Waals surface area contributed by atoms with Gasteiger partial charge in [-0.2, -0.15) is 0 Å². The number of fused-ring (bicyclic) bond motifs is 1. The van der Waals surface area contributed by atoms with Crippen LogP contribution in [-0.4, -0.2) is 25.4 Å². The lowest BCUT2D eigenvalue weighted by molar-refractivity contribution is -0.113. The number of hydrogen-bond acceptors (Lipinski definition) is 4. The van der Waals surface area contributed by atoms with Gasteiger partial charge in [0.1, 0.15) is 0 Å². The molecule has 0 aromatic heterocycles. The second-order valence-electron chi connectivity index (χ2n) is 8.60. The number of carbonyl (C=O) groups excluding carboxylic acids is 1. The molecular formula is C29H22N2O5S. The van der Waals surface area contributed by atoms with Crippen molar-refractivity contribution in [2.75, 3.05) is 4.90 Å². The van der Waals surface area contributed by atoms with Crippen LogP contribution in [0.2, 0.25) is 0 Å². The first-order valence-corrected chi connectivity index (χ1v) is 12.9. The second kappa shape index (κ2) is 9.50.